The second-order valence-electron chi connectivity index (χ2n) is 14.9. The number of alkyl carbamates (subject to hydrolysis) is 1. The van der Waals surface area contributed by atoms with Crippen LogP contribution in [0, 0.1) is 0 Å². The first-order chi connectivity index (χ1) is 26.4. The third-order valence-electron chi connectivity index (χ3n) is 9.80. The van der Waals surface area contributed by atoms with E-state index in [-0.39, 0.29) is 25.0 Å². The highest BCUT2D eigenvalue weighted by Crippen LogP contribution is 2.44. The number of carbonyl (C=O) groups excluding carboxylic acids is 4. The molecule has 0 radical (unpaired) electrons. The highest BCUT2D eigenvalue weighted by atomic mass is 16.6. The Kier molecular flexibility index (Phi) is 11.8. The van der Waals surface area contributed by atoms with Crippen LogP contribution in [0.2, 0.25) is 0 Å². The molecule has 2 N–H and O–H groups in total. The molecule has 0 bridgehead atoms. The second kappa shape index (κ2) is 16.9. The van der Waals surface area contributed by atoms with E-state index in [0.717, 1.165) is 44.2 Å². The van der Waals surface area contributed by atoms with Crippen LogP contribution in [-0.4, -0.2) is 79.2 Å². The first kappa shape index (κ1) is 38.6. The van der Waals surface area contributed by atoms with E-state index < -0.39 is 29.7 Å². The van der Waals surface area contributed by atoms with Gasteiger partial charge in [0.15, 0.2) is 0 Å². The standard InChI is InChI=1S/C45H48N4O6/c1-45(2,3)55-44(53)49(5)40(27-30-22-23-31-14-6-7-16-33(31)26-30)42(51)48(4)25-24-32-15-8-13-21-39(32)47-41(50)28-46-43(52)54-29-38-36-19-11-9-17-34(36)35-18-10-12-20-37(35)38/h6-23,26,38,40H,24-25,27-29H2,1-5H3,(H,46,52)(H,47,50). The molecule has 0 spiro atoms. The lowest BCUT2D eigenvalue weighted by molar-refractivity contribution is -0.135. The third-order valence-corrected chi connectivity index (χ3v) is 9.80. The van der Waals surface area contributed by atoms with Crippen molar-refractivity contribution in [2.24, 2.45) is 0 Å². The highest BCUT2D eigenvalue weighted by Gasteiger charge is 2.33. The van der Waals surface area contributed by atoms with E-state index in [1.165, 1.54) is 4.90 Å². The van der Waals surface area contributed by atoms with Crippen molar-refractivity contribution in [3.63, 3.8) is 0 Å². The van der Waals surface area contributed by atoms with Crippen molar-refractivity contribution < 1.29 is 28.7 Å². The van der Waals surface area contributed by atoms with Gasteiger partial charge >= 0.3 is 12.2 Å². The van der Waals surface area contributed by atoms with Crippen LogP contribution in [0.3, 0.4) is 0 Å². The minimum absolute atomic E-state index is 0.0875. The summed E-state index contributed by atoms with van der Waals surface area (Å²) in [6.45, 7) is 5.56. The lowest BCUT2D eigenvalue weighted by Gasteiger charge is -2.32. The molecule has 0 saturated carbocycles. The summed E-state index contributed by atoms with van der Waals surface area (Å²) in [5.41, 5.74) is 6.05. The molecule has 0 aromatic heterocycles. The molecule has 4 amide bonds. The Hall–Kier alpha value is -6.16. The molecule has 1 aliphatic rings. The Balaban J connectivity index is 1.04. The molecule has 5 aromatic carbocycles. The van der Waals surface area contributed by atoms with E-state index in [9.17, 15) is 19.2 Å². The number of ether oxygens (including phenoxy) is 2. The molecule has 55 heavy (non-hydrogen) atoms. The number of para-hydroxylation sites is 1. The third kappa shape index (κ3) is 9.51. The normalized spacial score (nSPS) is 12.6. The van der Waals surface area contributed by atoms with Gasteiger partial charge in [-0.05, 0) is 77.4 Å². The zero-order valence-corrected chi connectivity index (χ0v) is 32.0. The number of likely N-dealkylation sites (N-methyl/N-ethyl adjacent to an activating group) is 2. The number of carbonyl (C=O) groups is 4. The van der Waals surface area contributed by atoms with Crippen molar-refractivity contribution in [3.05, 3.63) is 138 Å². The smallest absolute Gasteiger partial charge is 0.410 e. The van der Waals surface area contributed by atoms with Gasteiger partial charge in [-0.3, -0.25) is 14.5 Å². The Bertz CT molecular complexity index is 2150. The van der Waals surface area contributed by atoms with Crippen molar-refractivity contribution in [2.45, 2.75) is 51.2 Å². The summed E-state index contributed by atoms with van der Waals surface area (Å²) < 4.78 is 11.2. The van der Waals surface area contributed by atoms with Crippen LogP contribution < -0.4 is 10.6 Å². The van der Waals surface area contributed by atoms with Crippen LogP contribution in [0.25, 0.3) is 21.9 Å². The first-order valence-corrected chi connectivity index (χ1v) is 18.5. The Morgan fingerprint density at radius 2 is 1.38 bits per heavy atom. The van der Waals surface area contributed by atoms with E-state index in [4.69, 9.17) is 9.47 Å². The fraction of sp³-hybridized carbons (Fsp3) is 0.289. The van der Waals surface area contributed by atoms with Crippen molar-refractivity contribution in [1.82, 2.24) is 15.1 Å². The summed E-state index contributed by atoms with van der Waals surface area (Å²) in [6.07, 6.45) is -0.537. The molecular formula is C45H48N4O6. The fourth-order valence-corrected chi connectivity index (χ4v) is 6.95. The maximum Gasteiger partial charge on any atom is 0.410 e. The molecule has 0 fully saturated rings. The van der Waals surface area contributed by atoms with Crippen molar-refractivity contribution >= 4 is 40.5 Å². The van der Waals surface area contributed by atoms with Crippen LogP contribution >= 0.6 is 0 Å². The summed E-state index contributed by atoms with van der Waals surface area (Å²) in [7, 11) is 3.30. The van der Waals surface area contributed by atoms with Crippen molar-refractivity contribution in [1.29, 1.82) is 0 Å². The molecule has 284 valence electrons. The maximum atomic E-state index is 14.1. The highest BCUT2D eigenvalue weighted by molar-refractivity contribution is 5.94. The van der Waals surface area contributed by atoms with Gasteiger partial charge in [-0.25, -0.2) is 9.59 Å². The molecule has 1 atom stereocenters. The number of amides is 4. The average Bonchev–Trinajstić information content (AvgIpc) is 3.50. The van der Waals surface area contributed by atoms with Gasteiger partial charge in [-0.2, -0.15) is 0 Å². The predicted molar refractivity (Wildman–Crippen MR) is 215 cm³/mol. The quantitative estimate of drug-likeness (QED) is 0.135. The monoisotopic (exact) mass is 740 g/mol. The van der Waals surface area contributed by atoms with Gasteiger partial charge in [-0.1, -0.05) is 109 Å². The molecule has 1 unspecified atom stereocenters. The first-order valence-electron chi connectivity index (χ1n) is 18.5. The number of anilines is 1. The zero-order valence-electron chi connectivity index (χ0n) is 32.0. The van der Waals surface area contributed by atoms with Crippen LogP contribution in [-0.2, 0) is 31.9 Å². The summed E-state index contributed by atoms with van der Waals surface area (Å²) >= 11 is 0. The average molecular weight is 741 g/mol. The predicted octanol–water partition coefficient (Wildman–Crippen LogP) is 7.80. The zero-order chi connectivity index (χ0) is 39.1. The topological polar surface area (TPSA) is 117 Å². The van der Waals surface area contributed by atoms with Crippen molar-refractivity contribution in [3.8, 4) is 11.1 Å². The minimum atomic E-state index is -0.819. The summed E-state index contributed by atoms with van der Waals surface area (Å²) in [6, 6.07) is 36.7. The Morgan fingerprint density at radius 3 is 2.07 bits per heavy atom. The van der Waals surface area contributed by atoms with E-state index in [2.05, 4.69) is 22.8 Å². The lowest BCUT2D eigenvalue weighted by Crippen LogP contribution is -2.51. The molecular weight excluding hydrogens is 693 g/mol. The van der Waals surface area contributed by atoms with Gasteiger partial charge < -0.3 is 25.0 Å². The van der Waals surface area contributed by atoms with E-state index in [0.29, 0.717) is 25.1 Å². The Labute approximate surface area is 322 Å². The lowest BCUT2D eigenvalue weighted by atomic mass is 9.98. The number of benzene rings is 5. The molecule has 0 saturated heterocycles. The van der Waals surface area contributed by atoms with Crippen molar-refractivity contribution in [2.75, 3.05) is 39.1 Å². The molecule has 0 heterocycles. The number of rotatable bonds is 12. The maximum absolute atomic E-state index is 14.1. The molecule has 10 heteroatoms. The van der Waals surface area contributed by atoms with E-state index in [1.807, 2.05) is 97.1 Å². The molecule has 5 aromatic rings. The van der Waals surface area contributed by atoms with Crippen LogP contribution in [0.15, 0.2) is 115 Å². The number of fused-ring (bicyclic) bond motifs is 4. The van der Waals surface area contributed by atoms with Gasteiger partial charge in [0.2, 0.25) is 11.8 Å². The molecule has 6 rings (SSSR count). The molecule has 10 nitrogen and oxygen atoms in total. The largest absolute Gasteiger partial charge is 0.449 e. The fourth-order valence-electron chi connectivity index (χ4n) is 6.95. The molecule has 0 aliphatic heterocycles. The number of nitrogens with zero attached hydrogens (tertiary/aromatic N) is 2. The number of hydrogen-bond donors (Lipinski definition) is 2. The SMILES string of the molecule is CN(CCc1ccccc1NC(=O)CNC(=O)OCC1c2ccccc2-c2ccccc21)C(=O)C(Cc1ccc2ccccc2c1)N(C)C(=O)OC(C)(C)C. The minimum Gasteiger partial charge on any atom is -0.449 e. The van der Waals surface area contributed by atoms with Gasteiger partial charge in [0, 0.05) is 38.7 Å². The van der Waals surface area contributed by atoms with Gasteiger partial charge in [0.25, 0.3) is 0 Å². The van der Waals surface area contributed by atoms with Crippen LogP contribution in [0.4, 0.5) is 15.3 Å². The van der Waals surface area contributed by atoms with Crippen LogP contribution in [0.5, 0.6) is 0 Å². The summed E-state index contributed by atoms with van der Waals surface area (Å²) in [5.74, 6) is -0.745. The summed E-state index contributed by atoms with van der Waals surface area (Å²) in [5, 5.41) is 7.59. The molecule has 1 aliphatic carbocycles. The van der Waals surface area contributed by atoms with E-state index in [1.54, 1.807) is 45.8 Å². The van der Waals surface area contributed by atoms with Gasteiger partial charge in [0.05, 0.1) is 0 Å². The summed E-state index contributed by atoms with van der Waals surface area (Å²) in [4.78, 5) is 55.9. The van der Waals surface area contributed by atoms with E-state index >= 15 is 0 Å². The van der Waals surface area contributed by atoms with Crippen LogP contribution in [0.1, 0.15) is 48.9 Å². The number of hydrogen-bond acceptors (Lipinski definition) is 6. The Morgan fingerprint density at radius 1 is 0.764 bits per heavy atom. The van der Waals surface area contributed by atoms with Gasteiger partial charge in [-0.15, -0.1) is 0 Å². The number of nitrogens with one attached hydrogen (secondary N) is 2. The van der Waals surface area contributed by atoms with Gasteiger partial charge in [0.1, 0.15) is 24.8 Å². The second-order valence-corrected chi connectivity index (χ2v) is 14.9.